The van der Waals surface area contributed by atoms with Gasteiger partial charge in [-0.2, -0.15) is 5.26 Å². The van der Waals surface area contributed by atoms with Gasteiger partial charge in [0.2, 0.25) is 0 Å². The van der Waals surface area contributed by atoms with Crippen LogP contribution in [0.3, 0.4) is 0 Å². The summed E-state index contributed by atoms with van der Waals surface area (Å²) in [6.45, 7) is 2.20. The van der Waals surface area contributed by atoms with Gasteiger partial charge in [0.25, 0.3) is 0 Å². The Bertz CT molecular complexity index is 503. The van der Waals surface area contributed by atoms with E-state index < -0.39 is 9.84 Å². The van der Waals surface area contributed by atoms with E-state index in [1.165, 1.54) is 0 Å². The highest BCUT2D eigenvalue weighted by atomic mass is 32.2. The maximum atomic E-state index is 11.3. The Hall–Kier alpha value is -1.54. The molecule has 5 heteroatoms. The van der Waals surface area contributed by atoms with Crippen molar-refractivity contribution >= 4 is 15.5 Å². The number of hydrogen-bond acceptors (Lipinski definition) is 4. The summed E-state index contributed by atoms with van der Waals surface area (Å²) in [5.74, 6) is 0.368. The lowest BCUT2D eigenvalue weighted by Crippen LogP contribution is -2.13. The van der Waals surface area contributed by atoms with Crippen molar-refractivity contribution in [3.8, 4) is 6.07 Å². The van der Waals surface area contributed by atoms with Gasteiger partial charge in [0.05, 0.1) is 17.0 Å². The third-order valence-electron chi connectivity index (χ3n) is 2.43. The molecular formula is C12H16N2O2S. The molecule has 0 heterocycles. The predicted octanol–water partition coefficient (Wildman–Crippen LogP) is 1.79. The van der Waals surface area contributed by atoms with Crippen LogP contribution in [-0.4, -0.2) is 26.5 Å². The highest BCUT2D eigenvalue weighted by Gasteiger charge is 2.06. The first-order valence-corrected chi connectivity index (χ1v) is 7.34. The Morgan fingerprint density at radius 2 is 2.06 bits per heavy atom. The molecular weight excluding hydrogens is 236 g/mol. The molecule has 0 saturated carbocycles. The topological polar surface area (TPSA) is 70.0 Å². The number of sulfone groups is 1. The van der Waals surface area contributed by atoms with Gasteiger partial charge < -0.3 is 5.32 Å². The Balaban J connectivity index is 2.45. The van der Waals surface area contributed by atoms with Gasteiger partial charge in [0.15, 0.2) is 0 Å². The van der Waals surface area contributed by atoms with Crippen LogP contribution in [0.15, 0.2) is 24.3 Å². The average molecular weight is 252 g/mol. The molecule has 0 aliphatic heterocycles. The average Bonchev–Trinajstić information content (AvgIpc) is 2.35. The van der Waals surface area contributed by atoms with E-state index in [4.69, 9.17) is 5.26 Å². The van der Waals surface area contributed by atoms with Gasteiger partial charge in [-0.05, 0) is 18.6 Å². The third-order valence-corrected chi connectivity index (χ3v) is 4.23. The van der Waals surface area contributed by atoms with Gasteiger partial charge in [-0.15, -0.1) is 0 Å². The van der Waals surface area contributed by atoms with Crippen LogP contribution in [0.2, 0.25) is 0 Å². The molecule has 0 amide bonds. The summed E-state index contributed by atoms with van der Waals surface area (Å²) in [6, 6.07) is 9.26. The third kappa shape index (κ3) is 4.45. The molecule has 1 aromatic rings. The van der Waals surface area contributed by atoms with Crippen molar-refractivity contribution in [3.63, 3.8) is 0 Å². The van der Waals surface area contributed by atoms with E-state index >= 15 is 0 Å². The first-order valence-electron chi connectivity index (χ1n) is 5.52. The minimum absolute atomic E-state index is 0.182. The van der Waals surface area contributed by atoms with Crippen LogP contribution in [0.1, 0.15) is 18.9 Å². The first-order chi connectivity index (χ1) is 8.09. The van der Waals surface area contributed by atoms with Crippen LogP contribution in [0, 0.1) is 11.3 Å². The van der Waals surface area contributed by atoms with Crippen molar-refractivity contribution in [1.82, 2.24) is 0 Å². The molecule has 4 nitrogen and oxygen atoms in total. The second-order valence-corrected chi connectivity index (χ2v) is 6.15. The monoisotopic (exact) mass is 252 g/mol. The summed E-state index contributed by atoms with van der Waals surface area (Å²) < 4.78 is 22.5. The highest BCUT2D eigenvalue weighted by molar-refractivity contribution is 7.91. The Morgan fingerprint density at radius 3 is 2.71 bits per heavy atom. The Morgan fingerprint density at radius 1 is 1.35 bits per heavy atom. The van der Waals surface area contributed by atoms with Crippen molar-refractivity contribution in [2.24, 2.45) is 0 Å². The molecule has 17 heavy (non-hydrogen) atoms. The van der Waals surface area contributed by atoms with Crippen molar-refractivity contribution in [2.45, 2.75) is 13.3 Å². The maximum absolute atomic E-state index is 11.3. The molecule has 1 N–H and O–H groups in total. The van der Waals surface area contributed by atoms with Gasteiger partial charge >= 0.3 is 0 Å². The number of nitrogens with one attached hydrogen (secondary N) is 1. The van der Waals surface area contributed by atoms with E-state index in [-0.39, 0.29) is 11.5 Å². The van der Waals surface area contributed by atoms with Crippen molar-refractivity contribution < 1.29 is 8.42 Å². The zero-order chi connectivity index (χ0) is 12.7. The second-order valence-electron chi connectivity index (χ2n) is 3.67. The fourth-order valence-electron chi connectivity index (χ4n) is 1.39. The lowest BCUT2D eigenvalue weighted by atomic mass is 10.2. The Labute approximate surface area is 102 Å². The number of benzene rings is 1. The number of anilines is 1. The van der Waals surface area contributed by atoms with Gasteiger partial charge in [0, 0.05) is 12.3 Å². The zero-order valence-corrected chi connectivity index (χ0v) is 10.6. The number of nitriles is 1. The van der Waals surface area contributed by atoms with Gasteiger partial charge in [-0.3, -0.25) is 0 Å². The molecule has 0 atom stereocenters. The lowest BCUT2D eigenvalue weighted by Gasteiger charge is -2.07. The maximum Gasteiger partial charge on any atom is 0.150 e. The smallest absolute Gasteiger partial charge is 0.150 e. The molecule has 0 radical (unpaired) electrons. The molecule has 0 saturated heterocycles. The molecule has 0 aromatic heterocycles. The SMILES string of the molecule is CCS(=O)(=O)CCCNc1ccccc1C#N. The summed E-state index contributed by atoms with van der Waals surface area (Å²) in [5.41, 5.74) is 1.33. The van der Waals surface area contributed by atoms with E-state index in [1.807, 2.05) is 12.1 Å². The van der Waals surface area contributed by atoms with Crippen LogP contribution in [0.5, 0.6) is 0 Å². The van der Waals surface area contributed by atoms with E-state index in [9.17, 15) is 8.42 Å². The van der Waals surface area contributed by atoms with Crippen LogP contribution in [0.25, 0.3) is 0 Å². The molecule has 0 unspecified atom stereocenters. The minimum atomic E-state index is -2.89. The molecule has 0 aliphatic rings. The van der Waals surface area contributed by atoms with E-state index in [0.717, 1.165) is 5.69 Å². The summed E-state index contributed by atoms with van der Waals surface area (Å²) >= 11 is 0. The molecule has 0 fully saturated rings. The normalized spacial score (nSPS) is 10.8. The van der Waals surface area contributed by atoms with Crippen LogP contribution in [-0.2, 0) is 9.84 Å². The number of rotatable bonds is 6. The minimum Gasteiger partial charge on any atom is -0.384 e. The van der Waals surface area contributed by atoms with Crippen molar-refractivity contribution in [2.75, 3.05) is 23.4 Å². The number of para-hydroxylation sites is 1. The van der Waals surface area contributed by atoms with Crippen molar-refractivity contribution in [1.29, 1.82) is 5.26 Å². The quantitative estimate of drug-likeness (QED) is 0.784. The van der Waals surface area contributed by atoms with Gasteiger partial charge in [-0.1, -0.05) is 19.1 Å². The van der Waals surface area contributed by atoms with Crippen molar-refractivity contribution in [3.05, 3.63) is 29.8 Å². The molecule has 0 aliphatic carbocycles. The van der Waals surface area contributed by atoms with Gasteiger partial charge in [-0.25, -0.2) is 8.42 Å². The fourth-order valence-corrected chi connectivity index (χ4v) is 2.27. The summed E-state index contributed by atoms with van der Waals surface area (Å²) in [4.78, 5) is 0. The molecule has 1 rings (SSSR count). The van der Waals surface area contributed by atoms with Crippen LogP contribution < -0.4 is 5.32 Å². The Kier molecular flexibility index (Phi) is 4.98. The number of nitrogens with zero attached hydrogens (tertiary/aromatic N) is 1. The summed E-state index contributed by atoms with van der Waals surface area (Å²) in [7, 11) is -2.89. The van der Waals surface area contributed by atoms with E-state index in [2.05, 4.69) is 11.4 Å². The highest BCUT2D eigenvalue weighted by Crippen LogP contribution is 2.13. The molecule has 0 spiro atoms. The van der Waals surface area contributed by atoms with Crippen LogP contribution in [0.4, 0.5) is 5.69 Å². The van der Waals surface area contributed by atoms with E-state index in [0.29, 0.717) is 18.5 Å². The van der Waals surface area contributed by atoms with Crippen LogP contribution >= 0.6 is 0 Å². The second kappa shape index (κ2) is 6.26. The zero-order valence-electron chi connectivity index (χ0n) is 9.81. The summed E-state index contributed by atoms with van der Waals surface area (Å²) in [5, 5.41) is 11.9. The fraction of sp³-hybridized carbons (Fsp3) is 0.417. The molecule has 92 valence electrons. The lowest BCUT2D eigenvalue weighted by molar-refractivity contribution is 0.595. The molecule has 1 aromatic carbocycles. The van der Waals surface area contributed by atoms with E-state index in [1.54, 1.807) is 19.1 Å². The molecule has 0 bridgehead atoms. The largest absolute Gasteiger partial charge is 0.384 e. The van der Waals surface area contributed by atoms with Gasteiger partial charge in [0.1, 0.15) is 15.9 Å². The predicted molar refractivity (Wildman–Crippen MR) is 68.6 cm³/mol. The standard InChI is InChI=1S/C12H16N2O2S/c1-2-17(15,16)9-5-8-14-12-7-4-3-6-11(12)10-13/h3-4,6-7,14H,2,5,8-9H2,1H3. The summed E-state index contributed by atoms with van der Waals surface area (Å²) in [6.07, 6.45) is 0.552. The first kappa shape index (κ1) is 13.5. The number of hydrogen-bond donors (Lipinski definition) is 1.